The minimum Gasteiger partial charge on any atom is -0.496 e. The van der Waals surface area contributed by atoms with Crippen LogP contribution in [0.3, 0.4) is 0 Å². The summed E-state index contributed by atoms with van der Waals surface area (Å²) in [5, 5.41) is 0. The molecule has 2 amide bonds. The first kappa shape index (κ1) is 19.7. The topological polar surface area (TPSA) is 59.1 Å². The Kier molecular flexibility index (Phi) is 5.87. The minimum absolute atomic E-state index is 0.0390. The van der Waals surface area contributed by atoms with Gasteiger partial charge in [-0.25, -0.2) is 0 Å². The van der Waals surface area contributed by atoms with Crippen LogP contribution in [0.15, 0.2) is 48.5 Å². The molecule has 0 aliphatic carbocycles. The molecule has 1 heterocycles. The van der Waals surface area contributed by atoms with Gasteiger partial charge in [0.1, 0.15) is 11.5 Å². The molecule has 1 aliphatic heterocycles. The van der Waals surface area contributed by atoms with Crippen molar-refractivity contribution >= 4 is 17.5 Å². The predicted octanol–water partition coefficient (Wildman–Crippen LogP) is 3.42. The van der Waals surface area contributed by atoms with E-state index in [0.717, 1.165) is 11.3 Å². The second-order valence-electron chi connectivity index (χ2n) is 6.89. The lowest BCUT2D eigenvalue weighted by Gasteiger charge is -2.33. The fourth-order valence-electron chi connectivity index (χ4n) is 3.41. The molecule has 148 valence electrons. The fraction of sp³-hybridized carbons (Fsp3) is 0.364. The summed E-state index contributed by atoms with van der Waals surface area (Å²) in [6.45, 7) is 4.00. The number of hydrogen-bond acceptors (Lipinski definition) is 4. The van der Waals surface area contributed by atoms with E-state index in [2.05, 4.69) is 0 Å². The number of rotatable bonds is 6. The van der Waals surface area contributed by atoms with Crippen LogP contribution < -0.4 is 14.4 Å². The van der Waals surface area contributed by atoms with Gasteiger partial charge in [0.2, 0.25) is 5.91 Å². The van der Waals surface area contributed by atoms with Crippen molar-refractivity contribution in [3.63, 3.8) is 0 Å². The zero-order valence-electron chi connectivity index (χ0n) is 16.7. The molecule has 2 aromatic rings. The van der Waals surface area contributed by atoms with E-state index in [9.17, 15) is 9.59 Å². The summed E-state index contributed by atoms with van der Waals surface area (Å²) >= 11 is 0. The zero-order chi connectivity index (χ0) is 20.3. The van der Waals surface area contributed by atoms with Crippen molar-refractivity contribution in [2.24, 2.45) is 0 Å². The molecule has 0 N–H and O–H groups in total. The van der Waals surface area contributed by atoms with Gasteiger partial charge in [0.05, 0.1) is 18.8 Å². The van der Waals surface area contributed by atoms with Crippen molar-refractivity contribution in [2.45, 2.75) is 32.4 Å². The van der Waals surface area contributed by atoms with Gasteiger partial charge in [-0.15, -0.1) is 0 Å². The van der Waals surface area contributed by atoms with Crippen molar-refractivity contribution in [1.29, 1.82) is 0 Å². The molecule has 0 spiro atoms. The lowest BCUT2D eigenvalue weighted by molar-refractivity contribution is -0.131. The largest absolute Gasteiger partial charge is 0.496 e. The third-order valence-electron chi connectivity index (χ3n) is 5.19. The number of methoxy groups -OCH3 is 1. The summed E-state index contributed by atoms with van der Waals surface area (Å²) in [6.07, 6.45) is -0.335. The number of hydrogen-bond donors (Lipinski definition) is 0. The Morgan fingerprint density at radius 3 is 2.64 bits per heavy atom. The quantitative estimate of drug-likeness (QED) is 0.768. The Morgan fingerprint density at radius 1 is 1.21 bits per heavy atom. The number of para-hydroxylation sites is 3. The SMILES string of the molecule is COc1ccccc1C(C)N(C)C(=O)CCN1C(=O)C(C)Oc2ccccc21. The van der Waals surface area contributed by atoms with Gasteiger partial charge in [-0.1, -0.05) is 30.3 Å². The van der Waals surface area contributed by atoms with E-state index in [1.54, 1.807) is 30.9 Å². The van der Waals surface area contributed by atoms with Crippen molar-refractivity contribution < 1.29 is 19.1 Å². The number of amides is 2. The van der Waals surface area contributed by atoms with E-state index < -0.39 is 6.10 Å². The van der Waals surface area contributed by atoms with Crippen LogP contribution in [0.1, 0.15) is 31.9 Å². The highest BCUT2D eigenvalue weighted by molar-refractivity contribution is 6.00. The molecule has 0 fully saturated rings. The molecule has 0 radical (unpaired) electrons. The van der Waals surface area contributed by atoms with Crippen molar-refractivity contribution in [2.75, 3.05) is 25.6 Å². The molecule has 2 aromatic carbocycles. The molecule has 0 saturated carbocycles. The Labute approximate surface area is 165 Å². The van der Waals surface area contributed by atoms with Crippen LogP contribution in [0.2, 0.25) is 0 Å². The maximum Gasteiger partial charge on any atom is 0.267 e. The summed E-state index contributed by atoms with van der Waals surface area (Å²) in [6, 6.07) is 14.9. The van der Waals surface area contributed by atoms with Crippen molar-refractivity contribution in [1.82, 2.24) is 4.90 Å². The van der Waals surface area contributed by atoms with Gasteiger partial charge in [-0.05, 0) is 32.0 Å². The molecule has 6 nitrogen and oxygen atoms in total. The maximum atomic E-state index is 12.8. The number of fused-ring (bicyclic) bond motifs is 1. The van der Waals surface area contributed by atoms with E-state index in [1.165, 1.54) is 0 Å². The predicted molar refractivity (Wildman–Crippen MR) is 108 cm³/mol. The third-order valence-corrected chi connectivity index (χ3v) is 5.19. The molecule has 2 unspecified atom stereocenters. The van der Waals surface area contributed by atoms with E-state index in [0.29, 0.717) is 18.0 Å². The van der Waals surface area contributed by atoms with Gasteiger partial charge < -0.3 is 19.3 Å². The Hall–Kier alpha value is -3.02. The number of anilines is 1. The molecular weight excluding hydrogens is 356 g/mol. The first-order valence-corrected chi connectivity index (χ1v) is 9.39. The fourth-order valence-corrected chi connectivity index (χ4v) is 3.41. The monoisotopic (exact) mass is 382 g/mol. The van der Waals surface area contributed by atoms with Crippen LogP contribution in [0.4, 0.5) is 5.69 Å². The summed E-state index contributed by atoms with van der Waals surface area (Å²) < 4.78 is 11.1. The number of carbonyl (C=O) groups is 2. The first-order valence-electron chi connectivity index (χ1n) is 9.39. The maximum absolute atomic E-state index is 12.8. The number of nitrogens with zero attached hydrogens (tertiary/aromatic N) is 2. The van der Waals surface area contributed by atoms with Gasteiger partial charge in [0.15, 0.2) is 6.10 Å². The summed E-state index contributed by atoms with van der Waals surface area (Å²) in [7, 11) is 3.40. The average Bonchev–Trinajstić information content (AvgIpc) is 2.72. The molecule has 6 heteroatoms. The lowest BCUT2D eigenvalue weighted by Crippen LogP contribution is -2.46. The van der Waals surface area contributed by atoms with E-state index in [4.69, 9.17) is 9.47 Å². The third kappa shape index (κ3) is 3.81. The lowest BCUT2D eigenvalue weighted by atomic mass is 10.1. The minimum atomic E-state index is -0.560. The molecule has 0 aromatic heterocycles. The van der Waals surface area contributed by atoms with Gasteiger partial charge in [0, 0.05) is 25.6 Å². The summed E-state index contributed by atoms with van der Waals surface area (Å²) in [5.74, 6) is 1.24. The highest BCUT2D eigenvalue weighted by Gasteiger charge is 2.32. The average molecular weight is 382 g/mol. The highest BCUT2D eigenvalue weighted by atomic mass is 16.5. The van der Waals surface area contributed by atoms with Gasteiger partial charge >= 0.3 is 0 Å². The number of benzene rings is 2. The Morgan fingerprint density at radius 2 is 1.89 bits per heavy atom. The summed E-state index contributed by atoms with van der Waals surface area (Å²) in [4.78, 5) is 28.7. The Balaban J connectivity index is 1.70. The molecule has 1 aliphatic rings. The van der Waals surface area contributed by atoms with Crippen LogP contribution in [0.5, 0.6) is 11.5 Å². The van der Waals surface area contributed by atoms with Gasteiger partial charge in [-0.2, -0.15) is 0 Å². The van der Waals surface area contributed by atoms with E-state index in [-0.39, 0.29) is 24.3 Å². The standard InChI is InChI=1S/C22H26N2O4/c1-15(17-9-5-7-11-19(17)27-4)23(3)21(25)13-14-24-18-10-6-8-12-20(18)28-16(2)22(24)26/h5-12,15-16H,13-14H2,1-4H3. The molecule has 0 saturated heterocycles. The Bertz CT molecular complexity index is 867. The van der Waals surface area contributed by atoms with Gasteiger partial charge in [-0.3, -0.25) is 9.59 Å². The van der Waals surface area contributed by atoms with Gasteiger partial charge in [0.25, 0.3) is 5.91 Å². The van der Waals surface area contributed by atoms with Crippen LogP contribution >= 0.6 is 0 Å². The van der Waals surface area contributed by atoms with E-state index >= 15 is 0 Å². The second kappa shape index (κ2) is 8.33. The van der Waals surface area contributed by atoms with Crippen LogP contribution in [0, 0.1) is 0 Å². The normalized spacial score (nSPS) is 16.8. The van der Waals surface area contributed by atoms with Crippen molar-refractivity contribution in [3.05, 3.63) is 54.1 Å². The van der Waals surface area contributed by atoms with Crippen LogP contribution in [0.25, 0.3) is 0 Å². The molecule has 2 atom stereocenters. The molecule has 3 rings (SSSR count). The first-order chi connectivity index (χ1) is 13.4. The summed E-state index contributed by atoms with van der Waals surface area (Å²) in [5.41, 5.74) is 1.65. The number of carbonyl (C=O) groups excluding carboxylic acids is 2. The van der Waals surface area contributed by atoms with Crippen molar-refractivity contribution in [3.8, 4) is 11.5 Å². The van der Waals surface area contributed by atoms with Crippen LogP contribution in [-0.4, -0.2) is 43.5 Å². The molecular formula is C22H26N2O4. The zero-order valence-corrected chi connectivity index (χ0v) is 16.7. The number of ether oxygens (including phenoxy) is 2. The smallest absolute Gasteiger partial charge is 0.267 e. The molecule has 0 bridgehead atoms. The van der Waals surface area contributed by atoms with Crippen LogP contribution in [-0.2, 0) is 9.59 Å². The van der Waals surface area contributed by atoms with E-state index in [1.807, 2.05) is 55.5 Å². The second-order valence-corrected chi connectivity index (χ2v) is 6.89. The molecule has 28 heavy (non-hydrogen) atoms. The highest BCUT2D eigenvalue weighted by Crippen LogP contribution is 2.34.